The highest BCUT2D eigenvalue weighted by Gasteiger charge is 2.35. The molecule has 0 saturated carbocycles. The lowest BCUT2D eigenvalue weighted by molar-refractivity contribution is -0.122. The van der Waals surface area contributed by atoms with Crippen molar-refractivity contribution in [3.05, 3.63) is 66.5 Å². The minimum Gasteiger partial charge on any atom is -0.493 e. The summed E-state index contributed by atoms with van der Waals surface area (Å²) in [6.07, 6.45) is 3.74. The van der Waals surface area contributed by atoms with Gasteiger partial charge in [-0.2, -0.15) is 5.10 Å². The van der Waals surface area contributed by atoms with Crippen LogP contribution < -0.4 is 19.7 Å². The van der Waals surface area contributed by atoms with Crippen LogP contribution in [0, 0.1) is 5.92 Å². The number of hydrogen-bond donors (Lipinski definition) is 1. The van der Waals surface area contributed by atoms with Gasteiger partial charge in [-0.05, 0) is 29.8 Å². The lowest BCUT2D eigenvalue weighted by Gasteiger charge is -2.19. The summed E-state index contributed by atoms with van der Waals surface area (Å²) in [7, 11) is 3.10. The average molecular weight is 420 g/mol. The summed E-state index contributed by atoms with van der Waals surface area (Å²) in [6, 6.07) is 14.8. The molecular weight excluding hydrogens is 396 g/mol. The number of aromatic nitrogens is 2. The van der Waals surface area contributed by atoms with E-state index in [-0.39, 0.29) is 18.2 Å². The number of ether oxygens (including phenoxy) is 2. The molecule has 0 spiro atoms. The number of nitrogens with zero attached hydrogens (tertiary/aromatic N) is 3. The monoisotopic (exact) mass is 420 g/mol. The van der Waals surface area contributed by atoms with Crippen molar-refractivity contribution in [3.63, 3.8) is 0 Å². The summed E-state index contributed by atoms with van der Waals surface area (Å²) in [5.74, 6) is 0.397. The van der Waals surface area contributed by atoms with E-state index in [0.717, 1.165) is 11.3 Å². The Bertz CT molecular complexity index is 1080. The van der Waals surface area contributed by atoms with Gasteiger partial charge in [0.1, 0.15) is 0 Å². The Hall–Kier alpha value is -3.81. The predicted octanol–water partition coefficient (Wildman–Crippen LogP) is 2.94. The third-order valence-electron chi connectivity index (χ3n) is 5.34. The molecule has 1 unspecified atom stereocenters. The molecule has 0 radical (unpaired) electrons. The third-order valence-corrected chi connectivity index (χ3v) is 5.34. The fourth-order valence-corrected chi connectivity index (χ4v) is 3.71. The molecule has 8 heteroatoms. The second kappa shape index (κ2) is 8.91. The number of carbonyl (C=O) groups is 2. The summed E-state index contributed by atoms with van der Waals surface area (Å²) >= 11 is 0. The smallest absolute Gasteiger partial charge is 0.229 e. The predicted molar refractivity (Wildman–Crippen MR) is 116 cm³/mol. The van der Waals surface area contributed by atoms with E-state index < -0.39 is 5.92 Å². The zero-order valence-electron chi connectivity index (χ0n) is 17.4. The number of para-hydroxylation sites is 1. The third kappa shape index (κ3) is 4.37. The number of hydrogen-bond acceptors (Lipinski definition) is 5. The van der Waals surface area contributed by atoms with E-state index >= 15 is 0 Å². The maximum absolute atomic E-state index is 13.0. The zero-order valence-corrected chi connectivity index (χ0v) is 17.4. The van der Waals surface area contributed by atoms with Crippen LogP contribution in [-0.4, -0.2) is 42.4 Å². The van der Waals surface area contributed by atoms with Gasteiger partial charge in [0.15, 0.2) is 11.5 Å². The van der Waals surface area contributed by atoms with Gasteiger partial charge in [0.25, 0.3) is 0 Å². The largest absolute Gasteiger partial charge is 0.493 e. The first-order chi connectivity index (χ1) is 15.1. The molecule has 2 aromatic carbocycles. The van der Waals surface area contributed by atoms with Gasteiger partial charge in [-0.25, -0.2) is 0 Å². The number of amides is 2. The van der Waals surface area contributed by atoms with Crippen LogP contribution in [0.4, 0.5) is 11.4 Å². The van der Waals surface area contributed by atoms with E-state index in [1.807, 2.05) is 36.5 Å². The molecular formula is C23H24N4O4. The van der Waals surface area contributed by atoms with Crippen LogP contribution in [0.1, 0.15) is 12.0 Å². The van der Waals surface area contributed by atoms with Gasteiger partial charge >= 0.3 is 0 Å². The van der Waals surface area contributed by atoms with E-state index in [0.29, 0.717) is 30.3 Å². The molecule has 2 amide bonds. The van der Waals surface area contributed by atoms with Gasteiger partial charge in [0.05, 0.1) is 26.7 Å². The Kier molecular flexibility index (Phi) is 5.88. The van der Waals surface area contributed by atoms with Crippen LogP contribution in [0.25, 0.3) is 0 Å². The number of benzene rings is 2. The van der Waals surface area contributed by atoms with Crippen molar-refractivity contribution in [2.75, 3.05) is 31.0 Å². The number of carbonyl (C=O) groups excluding carboxylic acids is 2. The van der Waals surface area contributed by atoms with Gasteiger partial charge in [-0.15, -0.1) is 0 Å². The molecule has 4 rings (SSSR count). The van der Waals surface area contributed by atoms with Crippen molar-refractivity contribution in [1.82, 2.24) is 9.78 Å². The van der Waals surface area contributed by atoms with E-state index in [2.05, 4.69) is 10.4 Å². The quantitative estimate of drug-likeness (QED) is 0.635. The number of nitrogens with one attached hydrogen (secondary N) is 1. The van der Waals surface area contributed by atoms with Crippen molar-refractivity contribution in [1.29, 1.82) is 0 Å². The Labute approximate surface area is 180 Å². The van der Waals surface area contributed by atoms with Crippen LogP contribution in [0.15, 0.2) is 60.9 Å². The van der Waals surface area contributed by atoms with Gasteiger partial charge in [0, 0.05) is 42.8 Å². The van der Waals surface area contributed by atoms with Crippen molar-refractivity contribution >= 4 is 23.2 Å². The maximum Gasteiger partial charge on any atom is 0.229 e. The summed E-state index contributed by atoms with van der Waals surface area (Å²) in [6.45, 7) is 0.853. The Morgan fingerprint density at radius 3 is 2.68 bits per heavy atom. The molecule has 1 saturated heterocycles. The number of methoxy groups -OCH3 is 2. The summed E-state index contributed by atoms with van der Waals surface area (Å²) < 4.78 is 12.4. The molecule has 1 atom stereocenters. The SMILES string of the molecule is COc1ccc(N2CC(C(=O)Nc3ccccc3Cn3cccn3)CC2=O)cc1OC. The topological polar surface area (TPSA) is 85.7 Å². The molecule has 8 nitrogen and oxygen atoms in total. The van der Waals surface area contributed by atoms with Crippen molar-refractivity contribution in [3.8, 4) is 11.5 Å². The fourth-order valence-electron chi connectivity index (χ4n) is 3.71. The average Bonchev–Trinajstić information content (AvgIpc) is 3.44. The first-order valence-electron chi connectivity index (χ1n) is 9.97. The normalized spacial score (nSPS) is 15.7. The lowest BCUT2D eigenvalue weighted by atomic mass is 10.1. The molecule has 1 fully saturated rings. The van der Waals surface area contributed by atoms with Crippen molar-refractivity contribution < 1.29 is 19.1 Å². The van der Waals surface area contributed by atoms with E-state index in [1.54, 1.807) is 48.2 Å². The maximum atomic E-state index is 13.0. The highest BCUT2D eigenvalue weighted by Crippen LogP contribution is 2.34. The van der Waals surface area contributed by atoms with Gasteiger partial charge < -0.3 is 19.7 Å². The van der Waals surface area contributed by atoms with E-state index in [1.165, 1.54) is 0 Å². The molecule has 0 aliphatic carbocycles. The number of anilines is 2. The van der Waals surface area contributed by atoms with Crippen LogP contribution in [0.5, 0.6) is 11.5 Å². The van der Waals surface area contributed by atoms with Gasteiger partial charge in [0.2, 0.25) is 11.8 Å². The molecule has 0 bridgehead atoms. The van der Waals surface area contributed by atoms with Crippen LogP contribution in [0.3, 0.4) is 0 Å². The fraction of sp³-hybridized carbons (Fsp3) is 0.261. The summed E-state index contributed by atoms with van der Waals surface area (Å²) in [5.41, 5.74) is 2.35. The van der Waals surface area contributed by atoms with Crippen LogP contribution in [0.2, 0.25) is 0 Å². The molecule has 1 aliphatic heterocycles. The Morgan fingerprint density at radius 1 is 1.13 bits per heavy atom. The second-order valence-corrected chi connectivity index (χ2v) is 7.29. The highest BCUT2D eigenvalue weighted by atomic mass is 16.5. The molecule has 1 aliphatic rings. The van der Waals surface area contributed by atoms with Crippen LogP contribution in [-0.2, 0) is 16.1 Å². The summed E-state index contributed by atoms with van der Waals surface area (Å²) in [5, 5.41) is 7.22. The molecule has 31 heavy (non-hydrogen) atoms. The minimum atomic E-state index is -0.446. The zero-order chi connectivity index (χ0) is 21.8. The molecule has 3 aromatic rings. The first kappa shape index (κ1) is 20.5. The van der Waals surface area contributed by atoms with Crippen molar-refractivity contribution in [2.24, 2.45) is 5.92 Å². The Morgan fingerprint density at radius 2 is 1.94 bits per heavy atom. The van der Waals surface area contributed by atoms with E-state index in [4.69, 9.17) is 9.47 Å². The number of rotatable bonds is 7. The standard InChI is InChI=1S/C23H24N4O4/c1-30-20-9-8-18(13-21(20)31-2)27-15-17(12-22(27)28)23(29)25-19-7-4-3-6-16(19)14-26-11-5-10-24-26/h3-11,13,17H,12,14-15H2,1-2H3,(H,25,29). The Balaban J connectivity index is 1.47. The van der Waals surface area contributed by atoms with E-state index in [9.17, 15) is 9.59 Å². The molecule has 2 heterocycles. The minimum absolute atomic E-state index is 0.0998. The van der Waals surface area contributed by atoms with Gasteiger partial charge in [-0.3, -0.25) is 14.3 Å². The summed E-state index contributed by atoms with van der Waals surface area (Å²) in [4.78, 5) is 27.2. The van der Waals surface area contributed by atoms with Crippen molar-refractivity contribution in [2.45, 2.75) is 13.0 Å². The molecule has 160 valence electrons. The van der Waals surface area contributed by atoms with Gasteiger partial charge in [-0.1, -0.05) is 18.2 Å². The second-order valence-electron chi connectivity index (χ2n) is 7.29. The molecule has 1 N–H and O–H groups in total. The van der Waals surface area contributed by atoms with Crippen LogP contribution >= 0.6 is 0 Å². The highest BCUT2D eigenvalue weighted by molar-refractivity contribution is 6.03. The lowest BCUT2D eigenvalue weighted by Crippen LogP contribution is -2.28. The molecule has 1 aromatic heterocycles. The first-order valence-corrected chi connectivity index (χ1v) is 9.97.